The second-order valence-corrected chi connectivity index (χ2v) is 2.83. The summed E-state index contributed by atoms with van der Waals surface area (Å²) in [5.41, 5.74) is 6.24. The van der Waals surface area contributed by atoms with Gasteiger partial charge < -0.3 is 5.73 Å². The Hall–Kier alpha value is -1.84. The molecule has 3 N–H and O–H groups in total. The fraction of sp³-hybridized carbons (Fsp3) is 0.200. The van der Waals surface area contributed by atoms with Crippen molar-refractivity contribution in [1.29, 1.82) is 0 Å². The first-order valence-corrected chi connectivity index (χ1v) is 4.33. The topological polar surface area (TPSA) is 72.2 Å². The Bertz CT molecular complexity index is 361. The molecule has 0 radical (unpaired) electrons. The molecule has 0 spiro atoms. The fourth-order valence-electron chi connectivity index (χ4n) is 1.23. The molecule has 0 heterocycles. The third-order valence-electron chi connectivity index (χ3n) is 1.88. The maximum Gasteiger partial charge on any atom is 0.319 e. The third kappa shape index (κ3) is 2.32. The van der Waals surface area contributed by atoms with Crippen LogP contribution in [-0.4, -0.2) is 11.9 Å². The zero-order chi connectivity index (χ0) is 10.6. The number of hydrogen-bond donors (Lipinski definition) is 2. The van der Waals surface area contributed by atoms with Crippen LogP contribution in [0.15, 0.2) is 24.3 Å². The molecular weight excluding hydrogens is 180 g/mol. The van der Waals surface area contributed by atoms with E-state index in [0.717, 1.165) is 12.0 Å². The van der Waals surface area contributed by atoms with E-state index in [2.05, 4.69) is 0 Å². The summed E-state index contributed by atoms with van der Waals surface area (Å²) in [7, 11) is 0. The molecule has 74 valence electrons. The smallest absolute Gasteiger partial charge is 0.319 e. The largest absolute Gasteiger partial charge is 0.351 e. The number of carbonyl (C=O) groups excluding carboxylic acids is 2. The van der Waals surface area contributed by atoms with E-state index in [0.29, 0.717) is 5.56 Å². The first-order valence-electron chi connectivity index (χ1n) is 4.33. The molecule has 0 aromatic heterocycles. The minimum Gasteiger partial charge on any atom is -0.351 e. The second kappa shape index (κ2) is 4.41. The first-order chi connectivity index (χ1) is 6.65. The average molecular weight is 192 g/mol. The summed E-state index contributed by atoms with van der Waals surface area (Å²) in [6, 6.07) is 6.27. The highest BCUT2D eigenvalue weighted by Gasteiger charge is 2.10. The normalized spacial score (nSPS) is 9.50. The van der Waals surface area contributed by atoms with Crippen LogP contribution in [0.5, 0.6) is 0 Å². The molecule has 0 fully saturated rings. The second-order valence-electron chi connectivity index (χ2n) is 2.83. The van der Waals surface area contributed by atoms with Crippen molar-refractivity contribution in [3.8, 4) is 0 Å². The summed E-state index contributed by atoms with van der Waals surface area (Å²) in [6.07, 6.45) is 0.738. The Morgan fingerprint density at radius 2 is 2.00 bits per heavy atom. The Morgan fingerprint density at radius 1 is 1.36 bits per heavy atom. The highest BCUT2D eigenvalue weighted by Crippen LogP contribution is 2.08. The number of aryl methyl sites for hydroxylation is 1. The van der Waals surface area contributed by atoms with E-state index in [1.165, 1.54) is 0 Å². The van der Waals surface area contributed by atoms with E-state index in [9.17, 15) is 9.59 Å². The third-order valence-corrected chi connectivity index (χ3v) is 1.88. The van der Waals surface area contributed by atoms with Crippen molar-refractivity contribution in [2.45, 2.75) is 13.3 Å². The minimum absolute atomic E-state index is 0.449. The molecule has 0 atom stereocenters. The number of benzene rings is 1. The number of amides is 3. The fourth-order valence-corrected chi connectivity index (χ4v) is 1.23. The minimum atomic E-state index is -0.832. The Balaban J connectivity index is 2.94. The summed E-state index contributed by atoms with van der Waals surface area (Å²) in [6.45, 7) is 1.94. The van der Waals surface area contributed by atoms with Gasteiger partial charge in [0.15, 0.2) is 0 Å². The number of imide groups is 1. The van der Waals surface area contributed by atoms with Gasteiger partial charge in [-0.2, -0.15) is 0 Å². The van der Waals surface area contributed by atoms with E-state index in [1.807, 2.05) is 24.4 Å². The molecule has 4 heteroatoms. The van der Waals surface area contributed by atoms with Crippen molar-refractivity contribution >= 4 is 11.9 Å². The van der Waals surface area contributed by atoms with Crippen LogP contribution in [0.25, 0.3) is 0 Å². The zero-order valence-electron chi connectivity index (χ0n) is 7.91. The van der Waals surface area contributed by atoms with Crippen molar-refractivity contribution < 1.29 is 9.59 Å². The lowest BCUT2D eigenvalue weighted by Crippen LogP contribution is -2.35. The van der Waals surface area contributed by atoms with Crippen molar-refractivity contribution in [3.05, 3.63) is 35.4 Å². The summed E-state index contributed by atoms with van der Waals surface area (Å²) < 4.78 is 0. The van der Waals surface area contributed by atoms with Gasteiger partial charge in [-0.1, -0.05) is 25.1 Å². The van der Waals surface area contributed by atoms with Crippen LogP contribution in [0.2, 0.25) is 0 Å². The van der Waals surface area contributed by atoms with E-state index >= 15 is 0 Å². The van der Waals surface area contributed by atoms with Crippen LogP contribution >= 0.6 is 0 Å². The van der Waals surface area contributed by atoms with E-state index < -0.39 is 11.9 Å². The molecule has 0 saturated carbocycles. The van der Waals surface area contributed by atoms with E-state index in [4.69, 9.17) is 5.73 Å². The highest BCUT2D eigenvalue weighted by molar-refractivity contribution is 6.04. The van der Waals surface area contributed by atoms with Crippen molar-refractivity contribution in [2.24, 2.45) is 5.73 Å². The maximum atomic E-state index is 11.4. The van der Waals surface area contributed by atoms with Crippen LogP contribution in [0.4, 0.5) is 4.79 Å². The standard InChI is InChI=1S/C10H12N2O2/c1-2-7-5-3-4-6-8(7)9(13)12-10(11)14/h3-6H,2H2,1H3,(H3,11,12,13,14). The van der Waals surface area contributed by atoms with Gasteiger partial charge in [0.05, 0.1) is 0 Å². The van der Waals surface area contributed by atoms with Crippen LogP contribution in [-0.2, 0) is 6.42 Å². The van der Waals surface area contributed by atoms with E-state index in [-0.39, 0.29) is 0 Å². The van der Waals surface area contributed by atoms with Gasteiger partial charge in [-0.15, -0.1) is 0 Å². The monoisotopic (exact) mass is 192 g/mol. The number of nitrogens with two attached hydrogens (primary N) is 1. The van der Waals surface area contributed by atoms with Gasteiger partial charge in [-0.05, 0) is 18.1 Å². The number of urea groups is 1. The molecule has 0 bridgehead atoms. The summed E-state index contributed by atoms with van der Waals surface area (Å²) in [5.74, 6) is -0.449. The number of nitrogens with one attached hydrogen (secondary N) is 1. The average Bonchev–Trinajstić information content (AvgIpc) is 2.16. The molecule has 1 aromatic carbocycles. The molecule has 4 nitrogen and oxygen atoms in total. The summed E-state index contributed by atoms with van der Waals surface area (Å²) in [5, 5.41) is 2.03. The Kier molecular flexibility index (Phi) is 3.23. The van der Waals surface area contributed by atoms with Crippen molar-refractivity contribution in [2.75, 3.05) is 0 Å². The lowest BCUT2D eigenvalue weighted by molar-refractivity contribution is 0.0965. The van der Waals surface area contributed by atoms with Gasteiger partial charge >= 0.3 is 6.03 Å². The molecule has 0 aliphatic carbocycles. The first kappa shape index (κ1) is 10.2. The van der Waals surface area contributed by atoms with Crippen LogP contribution in [0, 0.1) is 0 Å². The highest BCUT2D eigenvalue weighted by atomic mass is 16.2. The van der Waals surface area contributed by atoms with Gasteiger partial charge in [0.2, 0.25) is 0 Å². The SMILES string of the molecule is CCc1ccccc1C(=O)NC(N)=O. The summed E-state index contributed by atoms with van der Waals surface area (Å²) in [4.78, 5) is 21.9. The van der Waals surface area contributed by atoms with Gasteiger partial charge in [0.25, 0.3) is 5.91 Å². The van der Waals surface area contributed by atoms with Gasteiger partial charge in [0, 0.05) is 5.56 Å². The predicted molar refractivity (Wildman–Crippen MR) is 52.9 cm³/mol. The van der Waals surface area contributed by atoms with Crippen LogP contribution < -0.4 is 11.1 Å². The zero-order valence-corrected chi connectivity index (χ0v) is 7.91. The predicted octanol–water partition coefficient (Wildman–Crippen LogP) is 1.06. The van der Waals surface area contributed by atoms with Crippen molar-refractivity contribution in [3.63, 3.8) is 0 Å². The Labute approximate surface area is 82.1 Å². The number of hydrogen-bond acceptors (Lipinski definition) is 2. The lowest BCUT2D eigenvalue weighted by Gasteiger charge is -2.05. The molecule has 0 unspecified atom stereocenters. The molecular formula is C10H12N2O2. The van der Waals surface area contributed by atoms with Crippen LogP contribution in [0.1, 0.15) is 22.8 Å². The maximum absolute atomic E-state index is 11.4. The molecule has 1 aromatic rings. The number of carbonyl (C=O) groups is 2. The molecule has 0 saturated heterocycles. The van der Waals surface area contributed by atoms with Gasteiger partial charge in [0.1, 0.15) is 0 Å². The van der Waals surface area contributed by atoms with Gasteiger partial charge in [-0.3, -0.25) is 10.1 Å². The van der Waals surface area contributed by atoms with Crippen molar-refractivity contribution in [1.82, 2.24) is 5.32 Å². The molecule has 14 heavy (non-hydrogen) atoms. The quantitative estimate of drug-likeness (QED) is 0.735. The summed E-state index contributed by atoms with van der Waals surface area (Å²) >= 11 is 0. The van der Waals surface area contributed by atoms with Gasteiger partial charge in [-0.25, -0.2) is 4.79 Å². The molecule has 3 amide bonds. The number of primary amides is 1. The van der Waals surface area contributed by atoms with E-state index in [1.54, 1.807) is 12.1 Å². The molecule has 0 aliphatic rings. The number of rotatable bonds is 2. The Morgan fingerprint density at radius 3 is 2.57 bits per heavy atom. The lowest BCUT2D eigenvalue weighted by atomic mass is 10.1. The van der Waals surface area contributed by atoms with Crippen LogP contribution in [0.3, 0.4) is 0 Å². The molecule has 1 rings (SSSR count). The molecule has 0 aliphatic heterocycles.